The molecular formula is C13H22N2O5S. The smallest absolute Gasteiger partial charge is 0.329 e. The van der Waals surface area contributed by atoms with Crippen molar-refractivity contribution in [2.75, 3.05) is 24.6 Å². The standard InChI is InChI=1S/C13H22N2O5S/c1-13(12(17)18)4-2-3-6-15(13)11(16)8-10-9-21(19,20)7-5-14-10/h10,14H,2-9H2,1H3,(H,17,18). The molecule has 2 aliphatic rings. The van der Waals surface area contributed by atoms with Gasteiger partial charge in [-0.05, 0) is 26.2 Å². The maximum Gasteiger partial charge on any atom is 0.329 e. The molecular weight excluding hydrogens is 296 g/mol. The topological polar surface area (TPSA) is 104 Å². The molecule has 1 amide bonds. The summed E-state index contributed by atoms with van der Waals surface area (Å²) in [4.78, 5) is 25.3. The average molecular weight is 318 g/mol. The zero-order valence-electron chi connectivity index (χ0n) is 12.2. The van der Waals surface area contributed by atoms with E-state index in [-0.39, 0.29) is 23.8 Å². The number of hydrogen-bond donors (Lipinski definition) is 2. The molecule has 2 heterocycles. The van der Waals surface area contributed by atoms with Gasteiger partial charge in [0.15, 0.2) is 9.84 Å². The van der Waals surface area contributed by atoms with Gasteiger partial charge in [0.1, 0.15) is 5.54 Å². The second kappa shape index (κ2) is 5.92. The monoisotopic (exact) mass is 318 g/mol. The van der Waals surface area contributed by atoms with E-state index in [0.717, 1.165) is 12.8 Å². The fourth-order valence-electron chi connectivity index (χ4n) is 3.06. The molecule has 0 aromatic carbocycles. The summed E-state index contributed by atoms with van der Waals surface area (Å²) in [5.74, 6) is -1.25. The van der Waals surface area contributed by atoms with Gasteiger partial charge in [-0.1, -0.05) is 0 Å². The normalized spacial score (nSPS) is 32.6. The number of carbonyl (C=O) groups is 2. The van der Waals surface area contributed by atoms with Gasteiger partial charge >= 0.3 is 5.97 Å². The lowest BCUT2D eigenvalue weighted by atomic mass is 9.88. The van der Waals surface area contributed by atoms with Crippen LogP contribution in [0.1, 0.15) is 32.6 Å². The van der Waals surface area contributed by atoms with E-state index in [1.807, 2.05) is 0 Å². The summed E-state index contributed by atoms with van der Waals surface area (Å²) in [6.45, 7) is 2.33. The first-order valence-corrected chi connectivity index (χ1v) is 9.04. The quantitative estimate of drug-likeness (QED) is 0.735. The molecule has 0 spiro atoms. The van der Waals surface area contributed by atoms with E-state index in [1.54, 1.807) is 6.92 Å². The molecule has 0 aromatic rings. The van der Waals surface area contributed by atoms with E-state index in [2.05, 4.69) is 5.32 Å². The third-order valence-corrected chi connectivity index (χ3v) is 6.11. The van der Waals surface area contributed by atoms with Gasteiger partial charge in [-0.25, -0.2) is 13.2 Å². The first-order chi connectivity index (χ1) is 9.74. The Morgan fingerprint density at radius 1 is 1.38 bits per heavy atom. The predicted octanol–water partition coefficient (Wildman–Crippen LogP) is -0.381. The van der Waals surface area contributed by atoms with Crippen molar-refractivity contribution in [1.29, 1.82) is 0 Å². The molecule has 2 saturated heterocycles. The number of carboxylic acid groups (broad SMARTS) is 1. The zero-order valence-corrected chi connectivity index (χ0v) is 13.0. The lowest BCUT2D eigenvalue weighted by molar-refractivity contribution is -0.161. The largest absolute Gasteiger partial charge is 0.480 e. The molecule has 0 aromatic heterocycles. The summed E-state index contributed by atoms with van der Waals surface area (Å²) < 4.78 is 23.2. The summed E-state index contributed by atoms with van der Waals surface area (Å²) in [7, 11) is -3.10. The number of nitrogens with one attached hydrogen (secondary N) is 1. The van der Waals surface area contributed by atoms with E-state index >= 15 is 0 Å². The van der Waals surface area contributed by atoms with Gasteiger partial charge in [0.05, 0.1) is 11.5 Å². The van der Waals surface area contributed by atoms with Gasteiger partial charge in [-0.3, -0.25) is 4.79 Å². The highest BCUT2D eigenvalue weighted by atomic mass is 32.2. The van der Waals surface area contributed by atoms with Gasteiger partial charge in [0.25, 0.3) is 0 Å². The SMILES string of the molecule is CC1(C(=O)O)CCCCN1C(=O)CC1CS(=O)(=O)CCN1. The van der Waals surface area contributed by atoms with Gasteiger partial charge < -0.3 is 15.3 Å². The minimum atomic E-state index is -3.10. The molecule has 0 bridgehead atoms. The lowest BCUT2D eigenvalue weighted by Crippen LogP contribution is -2.59. The first kappa shape index (κ1) is 16.2. The molecule has 120 valence electrons. The summed E-state index contributed by atoms with van der Waals surface area (Å²) in [5, 5.41) is 12.4. The predicted molar refractivity (Wildman–Crippen MR) is 76.7 cm³/mol. The number of likely N-dealkylation sites (tertiary alicyclic amines) is 1. The number of carbonyl (C=O) groups excluding carboxylic acids is 1. The number of amides is 1. The molecule has 0 saturated carbocycles. The minimum Gasteiger partial charge on any atom is -0.480 e. The number of sulfone groups is 1. The van der Waals surface area contributed by atoms with Crippen LogP contribution in [0.3, 0.4) is 0 Å². The Bertz CT molecular complexity index is 533. The van der Waals surface area contributed by atoms with Crippen molar-refractivity contribution < 1.29 is 23.1 Å². The number of aliphatic carboxylic acids is 1. The van der Waals surface area contributed by atoms with Crippen LogP contribution >= 0.6 is 0 Å². The Labute approximate surface area is 124 Å². The van der Waals surface area contributed by atoms with Crippen LogP contribution in [0.25, 0.3) is 0 Å². The molecule has 21 heavy (non-hydrogen) atoms. The van der Waals surface area contributed by atoms with Crippen molar-refractivity contribution in [2.45, 2.75) is 44.2 Å². The number of rotatable bonds is 3. The van der Waals surface area contributed by atoms with Crippen molar-refractivity contribution >= 4 is 21.7 Å². The molecule has 2 rings (SSSR count). The second-order valence-electron chi connectivity index (χ2n) is 6.05. The molecule has 2 fully saturated rings. The average Bonchev–Trinajstić information content (AvgIpc) is 2.37. The van der Waals surface area contributed by atoms with Crippen molar-refractivity contribution in [1.82, 2.24) is 10.2 Å². The zero-order chi connectivity index (χ0) is 15.7. The molecule has 2 unspecified atom stereocenters. The molecule has 2 aliphatic heterocycles. The lowest BCUT2D eigenvalue weighted by Gasteiger charge is -2.42. The van der Waals surface area contributed by atoms with Crippen molar-refractivity contribution in [3.8, 4) is 0 Å². The van der Waals surface area contributed by atoms with Crippen LogP contribution < -0.4 is 5.32 Å². The number of carboxylic acids is 1. The van der Waals surface area contributed by atoms with Gasteiger partial charge in [0, 0.05) is 25.6 Å². The number of hydrogen-bond acceptors (Lipinski definition) is 5. The fourth-order valence-corrected chi connectivity index (χ4v) is 4.51. The summed E-state index contributed by atoms with van der Waals surface area (Å²) in [5.41, 5.74) is -1.18. The molecule has 0 aliphatic carbocycles. The first-order valence-electron chi connectivity index (χ1n) is 7.22. The highest BCUT2D eigenvalue weighted by molar-refractivity contribution is 7.91. The summed E-state index contributed by atoms with van der Waals surface area (Å²) in [6.07, 6.45) is 2.03. The molecule has 0 radical (unpaired) electrons. The molecule has 2 N–H and O–H groups in total. The Balaban J connectivity index is 2.06. The number of nitrogens with zero attached hydrogens (tertiary/aromatic N) is 1. The van der Waals surface area contributed by atoms with E-state index in [4.69, 9.17) is 0 Å². The van der Waals surface area contributed by atoms with E-state index < -0.39 is 27.4 Å². The van der Waals surface area contributed by atoms with Crippen LogP contribution in [0.15, 0.2) is 0 Å². The van der Waals surface area contributed by atoms with E-state index in [9.17, 15) is 23.1 Å². The van der Waals surface area contributed by atoms with Gasteiger partial charge in [0.2, 0.25) is 5.91 Å². The Kier molecular flexibility index (Phi) is 4.57. The van der Waals surface area contributed by atoms with Crippen LogP contribution in [0.5, 0.6) is 0 Å². The molecule has 2 atom stereocenters. The van der Waals surface area contributed by atoms with Crippen LogP contribution in [-0.4, -0.2) is 66.5 Å². The fraction of sp³-hybridized carbons (Fsp3) is 0.846. The highest BCUT2D eigenvalue weighted by Gasteiger charge is 2.44. The van der Waals surface area contributed by atoms with Crippen molar-refractivity contribution in [3.63, 3.8) is 0 Å². The Morgan fingerprint density at radius 2 is 2.10 bits per heavy atom. The van der Waals surface area contributed by atoms with Gasteiger partial charge in [-0.2, -0.15) is 0 Å². The third kappa shape index (κ3) is 3.55. The van der Waals surface area contributed by atoms with Crippen LogP contribution in [-0.2, 0) is 19.4 Å². The Morgan fingerprint density at radius 3 is 2.71 bits per heavy atom. The maximum absolute atomic E-state index is 12.4. The van der Waals surface area contributed by atoms with Crippen LogP contribution in [0.2, 0.25) is 0 Å². The van der Waals surface area contributed by atoms with Crippen LogP contribution in [0, 0.1) is 0 Å². The summed E-state index contributed by atoms with van der Waals surface area (Å²) in [6, 6.07) is -0.420. The van der Waals surface area contributed by atoms with Crippen molar-refractivity contribution in [2.24, 2.45) is 0 Å². The Hall–Kier alpha value is -1.15. The van der Waals surface area contributed by atoms with Crippen molar-refractivity contribution in [3.05, 3.63) is 0 Å². The number of piperidine rings is 1. The van der Waals surface area contributed by atoms with Gasteiger partial charge in [-0.15, -0.1) is 0 Å². The summed E-state index contributed by atoms with van der Waals surface area (Å²) >= 11 is 0. The maximum atomic E-state index is 12.4. The van der Waals surface area contributed by atoms with Crippen LogP contribution in [0.4, 0.5) is 0 Å². The molecule has 8 heteroatoms. The minimum absolute atomic E-state index is 0.0299. The van der Waals surface area contributed by atoms with E-state index in [1.165, 1.54) is 4.90 Å². The van der Waals surface area contributed by atoms with E-state index in [0.29, 0.717) is 19.5 Å². The highest BCUT2D eigenvalue weighted by Crippen LogP contribution is 2.29. The third-order valence-electron chi connectivity index (χ3n) is 4.38. The molecule has 7 nitrogen and oxygen atoms in total. The second-order valence-corrected chi connectivity index (χ2v) is 8.28.